The van der Waals surface area contributed by atoms with Crippen LogP contribution in [0.25, 0.3) is 10.6 Å². The van der Waals surface area contributed by atoms with Crippen LogP contribution in [0.2, 0.25) is 0 Å². The first-order valence-corrected chi connectivity index (χ1v) is 9.26. The van der Waals surface area contributed by atoms with Gasteiger partial charge in [0.15, 0.2) is 10.3 Å². The lowest BCUT2D eigenvalue weighted by Crippen LogP contribution is -2.04. The summed E-state index contributed by atoms with van der Waals surface area (Å²) in [6, 6.07) is 5.15. The molecule has 0 aliphatic rings. The van der Waals surface area contributed by atoms with E-state index in [1.54, 1.807) is 25.3 Å². The summed E-state index contributed by atoms with van der Waals surface area (Å²) < 4.78 is 5.32. The fraction of sp³-hybridized carbons (Fsp3) is 0.188. The Labute approximate surface area is 157 Å². The molecule has 2 aromatic heterocycles. The van der Waals surface area contributed by atoms with Crippen molar-refractivity contribution < 1.29 is 14.7 Å². The lowest BCUT2D eigenvalue weighted by Gasteiger charge is -2.10. The number of aryl methyl sites for hydroxylation is 1. The molecular formula is C16H17N5O3S2. The second kappa shape index (κ2) is 7.68. The Hall–Kier alpha value is -2.69. The maximum absolute atomic E-state index is 11.2. The molecule has 1 amide bonds. The summed E-state index contributed by atoms with van der Waals surface area (Å²) in [6.07, 6.45) is 0. The number of benzene rings is 1. The van der Waals surface area contributed by atoms with Gasteiger partial charge in [0, 0.05) is 12.3 Å². The van der Waals surface area contributed by atoms with E-state index in [0.29, 0.717) is 27.4 Å². The van der Waals surface area contributed by atoms with E-state index in [2.05, 4.69) is 26.1 Å². The molecule has 0 aliphatic heterocycles. The van der Waals surface area contributed by atoms with Crippen molar-refractivity contribution in [3.05, 3.63) is 29.3 Å². The number of carbonyl (C=O) groups excluding carboxylic acids is 1. The molecule has 0 unspecified atom stereocenters. The number of ether oxygens (including phenoxy) is 1. The number of carbonyl (C=O) groups is 1. The molecule has 3 rings (SSSR count). The molecule has 8 nitrogen and oxygen atoms in total. The number of aromatic nitrogens is 2. The lowest BCUT2D eigenvalue weighted by atomic mass is 10.2. The van der Waals surface area contributed by atoms with Gasteiger partial charge >= 0.3 is 0 Å². The molecular weight excluding hydrogens is 374 g/mol. The van der Waals surface area contributed by atoms with Crippen LogP contribution in [-0.4, -0.2) is 28.2 Å². The van der Waals surface area contributed by atoms with Crippen molar-refractivity contribution in [1.29, 1.82) is 0 Å². The van der Waals surface area contributed by atoms with E-state index in [0.717, 1.165) is 16.3 Å². The molecule has 0 fully saturated rings. The van der Waals surface area contributed by atoms with Crippen LogP contribution in [0.15, 0.2) is 23.6 Å². The second-order valence-corrected chi connectivity index (χ2v) is 7.16. The van der Waals surface area contributed by atoms with Gasteiger partial charge in [-0.2, -0.15) is 0 Å². The minimum Gasteiger partial charge on any atom is -0.495 e. The van der Waals surface area contributed by atoms with Gasteiger partial charge in [-0.3, -0.25) is 15.5 Å². The van der Waals surface area contributed by atoms with E-state index in [1.165, 1.54) is 29.6 Å². The average molecular weight is 391 g/mol. The molecule has 1 aromatic carbocycles. The Morgan fingerprint density at radius 3 is 2.77 bits per heavy atom. The maximum atomic E-state index is 11.2. The Kier molecular flexibility index (Phi) is 5.35. The number of thiazole rings is 2. The molecule has 0 saturated heterocycles. The van der Waals surface area contributed by atoms with Crippen LogP contribution in [-0.2, 0) is 4.79 Å². The molecule has 0 spiro atoms. The Balaban J connectivity index is 1.85. The smallest absolute Gasteiger partial charge is 0.223 e. The van der Waals surface area contributed by atoms with Crippen LogP contribution in [0.4, 0.5) is 21.6 Å². The van der Waals surface area contributed by atoms with Gasteiger partial charge in [0.2, 0.25) is 5.91 Å². The topological polar surface area (TPSA) is 108 Å². The number of rotatable bonds is 6. The van der Waals surface area contributed by atoms with E-state index in [-0.39, 0.29) is 5.91 Å². The first kappa shape index (κ1) is 18.1. The van der Waals surface area contributed by atoms with Crippen molar-refractivity contribution in [3.8, 4) is 16.3 Å². The van der Waals surface area contributed by atoms with Crippen molar-refractivity contribution in [2.75, 3.05) is 23.2 Å². The van der Waals surface area contributed by atoms with Crippen molar-refractivity contribution in [3.63, 3.8) is 0 Å². The molecule has 3 aromatic rings. The van der Waals surface area contributed by atoms with Crippen LogP contribution in [0.3, 0.4) is 0 Å². The molecule has 0 radical (unpaired) electrons. The summed E-state index contributed by atoms with van der Waals surface area (Å²) >= 11 is 2.81. The SMILES string of the molecule is COc1ccc(NO)cc1Nc1nc(-c2sc(NC(C)=O)nc2C)cs1. The van der Waals surface area contributed by atoms with Crippen molar-refractivity contribution in [2.45, 2.75) is 13.8 Å². The van der Waals surface area contributed by atoms with Gasteiger partial charge in [-0.25, -0.2) is 9.97 Å². The summed E-state index contributed by atoms with van der Waals surface area (Å²) in [6.45, 7) is 3.33. The van der Waals surface area contributed by atoms with Gasteiger partial charge in [-0.15, -0.1) is 11.3 Å². The summed E-state index contributed by atoms with van der Waals surface area (Å²) in [5.74, 6) is 0.470. The van der Waals surface area contributed by atoms with Crippen LogP contribution >= 0.6 is 22.7 Å². The van der Waals surface area contributed by atoms with Crippen LogP contribution < -0.4 is 20.9 Å². The van der Waals surface area contributed by atoms with Gasteiger partial charge in [0.05, 0.1) is 34.7 Å². The largest absolute Gasteiger partial charge is 0.495 e. The summed E-state index contributed by atoms with van der Waals surface area (Å²) in [5, 5.41) is 18.1. The molecule has 136 valence electrons. The fourth-order valence-corrected chi connectivity index (χ4v) is 4.03. The first-order chi connectivity index (χ1) is 12.5. The van der Waals surface area contributed by atoms with Crippen molar-refractivity contribution in [2.24, 2.45) is 0 Å². The third kappa shape index (κ3) is 3.93. The van der Waals surface area contributed by atoms with E-state index in [9.17, 15) is 4.79 Å². The first-order valence-electron chi connectivity index (χ1n) is 7.56. The zero-order valence-electron chi connectivity index (χ0n) is 14.3. The predicted octanol–water partition coefficient (Wildman–Crippen LogP) is 4.09. The van der Waals surface area contributed by atoms with Gasteiger partial charge in [0.1, 0.15) is 5.75 Å². The number of amides is 1. The molecule has 2 heterocycles. The highest BCUT2D eigenvalue weighted by Crippen LogP contribution is 2.36. The van der Waals surface area contributed by atoms with Gasteiger partial charge < -0.3 is 15.4 Å². The third-order valence-electron chi connectivity index (χ3n) is 3.39. The van der Waals surface area contributed by atoms with Crippen molar-refractivity contribution >= 4 is 50.2 Å². The number of anilines is 4. The van der Waals surface area contributed by atoms with E-state index < -0.39 is 0 Å². The van der Waals surface area contributed by atoms with E-state index in [4.69, 9.17) is 9.94 Å². The minimum atomic E-state index is -0.157. The van der Waals surface area contributed by atoms with Crippen LogP contribution in [0.1, 0.15) is 12.6 Å². The predicted molar refractivity (Wildman–Crippen MR) is 104 cm³/mol. The van der Waals surface area contributed by atoms with E-state index in [1.807, 2.05) is 12.3 Å². The minimum absolute atomic E-state index is 0.157. The standard InChI is InChI=1S/C16H17N5O3S2/c1-8-14(26-16(17-8)18-9(2)22)12-7-25-15(20-12)19-11-6-10(21-23)4-5-13(11)24-3/h4-7,21,23H,1-3H3,(H,19,20)(H,17,18,22). The summed E-state index contributed by atoms with van der Waals surface area (Å²) in [4.78, 5) is 21.0. The number of hydrogen-bond acceptors (Lipinski definition) is 9. The molecule has 4 N–H and O–H groups in total. The van der Waals surface area contributed by atoms with Gasteiger partial charge in [-0.1, -0.05) is 11.3 Å². The van der Waals surface area contributed by atoms with Crippen LogP contribution in [0.5, 0.6) is 5.75 Å². The second-order valence-electron chi connectivity index (χ2n) is 5.30. The average Bonchev–Trinajstić information content (AvgIpc) is 3.20. The lowest BCUT2D eigenvalue weighted by molar-refractivity contribution is -0.114. The van der Waals surface area contributed by atoms with Crippen molar-refractivity contribution in [1.82, 2.24) is 9.97 Å². The number of methoxy groups -OCH3 is 1. The summed E-state index contributed by atoms with van der Waals surface area (Å²) in [7, 11) is 1.57. The number of hydrogen-bond donors (Lipinski definition) is 4. The van der Waals surface area contributed by atoms with Gasteiger partial charge in [-0.05, 0) is 25.1 Å². The monoisotopic (exact) mass is 391 g/mol. The Morgan fingerprint density at radius 2 is 2.08 bits per heavy atom. The zero-order valence-corrected chi connectivity index (χ0v) is 15.9. The molecule has 10 heteroatoms. The molecule has 0 atom stereocenters. The highest BCUT2D eigenvalue weighted by atomic mass is 32.1. The highest BCUT2D eigenvalue weighted by molar-refractivity contribution is 7.20. The highest BCUT2D eigenvalue weighted by Gasteiger charge is 2.15. The number of nitrogens with one attached hydrogen (secondary N) is 3. The summed E-state index contributed by atoms with van der Waals surface area (Å²) in [5.41, 5.74) is 4.89. The Morgan fingerprint density at radius 1 is 1.27 bits per heavy atom. The maximum Gasteiger partial charge on any atom is 0.223 e. The quantitative estimate of drug-likeness (QED) is 0.469. The Bertz CT molecular complexity index is 938. The molecule has 0 aliphatic carbocycles. The van der Waals surface area contributed by atoms with Crippen LogP contribution in [0, 0.1) is 6.92 Å². The molecule has 0 saturated carbocycles. The van der Waals surface area contributed by atoms with E-state index >= 15 is 0 Å². The fourth-order valence-electron chi connectivity index (χ4n) is 2.26. The third-order valence-corrected chi connectivity index (χ3v) is 5.24. The van der Waals surface area contributed by atoms with Gasteiger partial charge in [0.25, 0.3) is 0 Å². The molecule has 26 heavy (non-hydrogen) atoms. The zero-order chi connectivity index (χ0) is 18.7. The normalized spacial score (nSPS) is 10.5. The molecule has 0 bridgehead atoms. The number of nitrogens with zero attached hydrogens (tertiary/aromatic N) is 2.